The topological polar surface area (TPSA) is 81.4 Å². The molecule has 4 aromatic rings. The molecule has 0 unspecified atom stereocenters. The molecule has 0 radical (unpaired) electrons. The number of hydrogen-bond acceptors (Lipinski definition) is 4. The summed E-state index contributed by atoms with van der Waals surface area (Å²) in [5, 5.41) is 15.3. The lowest BCUT2D eigenvalue weighted by atomic mass is 10.1. The van der Waals surface area contributed by atoms with Crippen molar-refractivity contribution in [1.29, 1.82) is 0 Å². The summed E-state index contributed by atoms with van der Waals surface area (Å²) in [6.07, 6.45) is 3.15. The number of halogens is 1. The molecule has 0 bridgehead atoms. The number of rotatable bonds is 6. The fraction of sp³-hybridized carbons (Fsp3) is 0.0455. The second-order valence-corrected chi connectivity index (χ2v) is 7.24. The third-order valence-corrected chi connectivity index (χ3v) is 4.89. The second kappa shape index (κ2) is 7.89. The first-order valence-corrected chi connectivity index (χ1v) is 9.54. The van der Waals surface area contributed by atoms with Gasteiger partial charge in [0.1, 0.15) is 5.75 Å². The lowest BCUT2D eigenvalue weighted by molar-refractivity contribution is -0.139. The van der Waals surface area contributed by atoms with Gasteiger partial charge in [-0.25, -0.2) is 9.48 Å². The maximum atomic E-state index is 13.1. The number of hydrogen-bond donors (Lipinski definition) is 1. The molecule has 0 amide bonds. The summed E-state index contributed by atoms with van der Waals surface area (Å²) in [6.45, 7) is -0.531. The number of nitrogens with zero attached hydrogens (tertiary/aromatic N) is 2. The van der Waals surface area contributed by atoms with Crippen LogP contribution in [0, 0.1) is 0 Å². The van der Waals surface area contributed by atoms with Gasteiger partial charge in [-0.3, -0.25) is 4.79 Å². The van der Waals surface area contributed by atoms with Gasteiger partial charge >= 0.3 is 5.97 Å². The SMILES string of the molecule is O=C(O)COc1ccc(Br)cc1C(=O)c1cnn(-c2cccc3ccccc23)c1. The Morgan fingerprint density at radius 2 is 1.86 bits per heavy atom. The van der Waals surface area contributed by atoms with Crippen molar-refractivity contribution >= 4 is 38.5 Å². The molecule has 0 spiro atoms. The number of benzene rings is 3. The maximum Gasteiger partial charge on any atom is 0.341 e. The Morgan fingerprint density at radius 3 is 2.69 bits per heavy atom. The van der Waals surface area contributed by atoms with Crippen LogP contribution in [0.15, 0.2) is 77.5 Å². The molecule has 7 heteroatoms. The van der Waals surface area contributed by atoms with Crippen molar-refractivity contribution in [3.05, 3.63) is 88.7 Å². The van der Waals surface area contributed by atoms with Crippen LogP contribution in [0.2, 0.25) is 0 Å². The minimum absolute atomic E-state index is 0.207. The molecule has 0 saturated heterocycles. The summed E-state index contributed by atoms with van der Waals surface area (Å²) in [7, 11) is 0. The normalized spacial score (nSPS) is 10.8. The molecule has 3 aromatic carbocycles. The number of ketones is 1. The largest absolute Gasteiger partial charge is 0.481 e. The van der Waals surface area contributed by atoms with Gasteiger partial charge in [-0.15, -0.1) is 0 Å². The van der Waals surface area contributed by atoms with Crippen LogP contribution in [0.1, 0.15) is 15.9 Å². The number of aliphatic carboxylic acids is 1. The highest BCUT2D eigenvalue weighted by Gasteiger charge is 2.18. The third kappa shape index (κ3) is 3.90. The summed E-state index contributed by atoms with van der Waals surface area (Å²) in [6, 6.07) is 18.7. The predicted molar refractivity (Wildman–Crippen MR) is 112 cm³/mol. The molecule has 0 fully saturated rings. The predicted octanol–water partition coefficient (Wildman–Crippen LogP) is 4.48. The van der Waals surface area contributed by atoms with Crippen LogP contribution >= 0.6 is 15.9 Å². The number of carbonyl (C=O) groups excluding carboxylic acids is 1. The average Bonchev–Trinajstić information content (AvgIpc) is 3.21. The van der Waals surface area contributed by atoms with E-state index in [1.807, 2.05) is 42.5 Å². The lowest BCUT2D eigenvalue weighted by Crippen LogP contribution is -2.12. The molecule has 1 heterocycles. The Kier molecular flexibility index (Phi) is 5.14. The van der Waals surface area contributed by atoms with Gasteiger partial charge in [0.15, 0.2) is 12.4 Å². The Hall–Kier alpha value is -3.45. The van der Waals surface area contributed by atoms with Gasteiger partial charge in [0.05, 0.1) is 23.0 Å². The molecule has 29 heavy (non-hydrogen) atoms. The molecule has 1 aromatic heterocycles. The standard InChI is InChI=1S/C22H15BrN2O4/c23-16-8-9-20(29-13-21(26)27)18(10-16)22(28)15-11-24-25(12-15)19-7-3-5-14-4-1-2-6-17(14)19/h1-12H,13H2,(H,26,27). The number of carboxylic acids is 1. The van der Waals surface area contributed by atoms with Crippen molar-refractivity contribution in [2.75, 3.05) is 6.61 Å². The zero-order valence-corrected chi connectivity index (χ0v) is 16.7. The molecule has 0 aliphatic heterocycles. The van der Waals surface area contributed by atoms with Crippen molar-refractivity contribution in [3.8, 4) is 11.4 Å². The van der Waals surface area contributed by atoms with E-state index in [9.17, 15) is 9.59 Å². The molecule has 6 nitrogen and oxygen atoms in total. The molecule has 0 atom stereocenters. The molecule has 1 N–H and O–H groups in total. The molecule has 0 aliphatic rings. The smallest absolute Gasteiger partial charge is 0.341 e. The van der Waals surface area contributed by atoms with Gasteiger partial charge < -0.3 is 9.84 Å². The molecule has 0 aliphatic carbocycles. The Bertz CT molecular complexity index is 1230. The first kappa shape index (κ1) is 18.9. The molecular formula is C22H15BrN2O4. The fourth-order valence-electron chi connectivity index (χ4n) is 3.08. The van der Waals surface area contributed by atoms with Crippen molar-refractivity contribution in [1.82, 2.24) is 9.78 Å². The number of carboxylic acid groups (broad SMARTS) is 1. The summed E-state index contributed by atoms with van der Waals surface area (Å²) in [4.78, 5) is 23.9. The number of aromatic nitrogens is 2. The van der Waals surface area contributed by atoms with E-state index >= 15 is 0 Å². The minimum atomic E-state index is -1.12. The first-order chi connectivity index (χ1) is 14.0. The van der Waals surface area contributed by atoms with Crippen LogP contribution in [-0.4, -0.2) is 33.2 Å². The van der Waals surface area contributed by atoms with Gasteiger partial charge in [0, 0.05) is 16.1 Å². The summed E-state index contributed by atoms with van der Waals surface area (Å²) in [5.41, 5.74) is 1.49. The highest BCUT2D eigenvalue weighted by molar-refractivity contribution is 9.10. The van der Waals surface area contributed by atoms with Gasteiger partial charge in [0.25, 0.3) is 0 Å². The van der Waals surface area contributed by atoms with E-state index in [1.165, 1.54) is 6.20 Å². The number of carbonyl (C=O) groups is 2. The number of fused-ring (bicyclic) bond motifs is 1. The van der Waals surface area contributed by atoms with Crippen molar-refractivity contribution in [2.45, 2.75) is 0 Å². The lowest BCUT2D eigenvalue weighted by Gasteiger charge is -2.09. The monoisotopic (exact) mass is 450 g/mol. The summed E-state index contributed by atoms with van der Waals surface area (Å²) < 4.78 is 7.62. The van der Waals surface area contributed by atoms with Crippen molar-refractivity contribution in [2.24, 2.45) is 0 Å². The average molecular weight is 451 g/mol. The van der Waals surface area contributed by atoms with Crippen LogP contribution in [0.25, 0.3) is 16.5 Å². The zero-order chi connectivity index (χ0) is 20.4. The first-order valence-electron chi connectivity index (χ1n) is 8.74. The molecule has 0 saturated carbocycles. The van der Waals surface area contributed by atoms with Gasteiger partial charge in [-0.2, -0.15) is 5.10 Å². The Balaban J connectivity index is 1.71. The quantitative estimate of drug-likeness (QED) is 0.437. The molecular weight excluding hydrogens is 436 g/mol. The Morgan fingerprint density at radius 1 is 1.07 bits per heavy atom. The fourth-order valence-corrected chi connectivity index (χ4v) is 3.44. The van der Waals surface area contributed by atoms with Crippen molar-refractivity contribution < 1.29 is 19.4 Å². The number of ether oxygens (including phenoxy) is 1. The van der Waals surface area contributed by atoms with Gasteiger partial charge in [-0.1, -0.05) is 52.3 Å². The molecule has 4 rings (SSSR count). The minimum Gasteiger partial charge on any atom is -0.481 e. The highest BCUT2D eigenvalue weighted by atomic mass is 79.9. The maximum absolute atomic E-state index is 13.1. The van der Waals surface area contributed by atoms with E-state index in [0.29, 0.717) is 10.0 Å². The van der Waals surface area contributed by atoms with Crippen LogP contribution in [0.4, 0.5) is 0 Å². The molecule has 144 valence electrons. The van der Waals surface area contributed by atoms with E-state index in [1.54, 1.807) is 29.1 Å². The van der Waals surface area contributed by atoms with E-state index < -0.39 is 12.6 Å². The summed E-state index contributed by atoms with van der Waals surface area (Å²) in [5.74, 6) is -1.22. The van der Waals surface area contributed by atoms with E-state index in [-0.39, 0.29) is 17.1 Å². The van der Waals surface area contributed by atoms with Crippen molar-refractivity contribution in [3.63, 3.8) is 0 Å². The van der Waals surface area contributed by atoms with Crippen LogP contribution < -0.4 is 4.74 Å². The zero-order valence-electron chi connectivity index (χ0n) is 15.1. The Labute approximate surface area is 174 Å². The van der Waals surface area contributed by atoms with Crippen LogP contribution in [0.5, 0.6) is 5.75 Å². The van der Waals surface area contributed by atoms with E-state index in [4.69, 9.17) is 9.84 Å². The third-order valence-electron chi connectivity index (χ3n) is 4.40. The summed E-state index contributed by atoms with van der Waals surface area (Å²) >= 11 is 3.34. The van der Waals surface area contributed by atoms with E-state index in [2.05, 4.69) is 21.0 Å². The van der Waals surface area contributed by atoms with Crippen LogP contribution in [0.3, 0.4) is 0 Å². The van der Waals surface area contributed by atoms with Gasteiger partial charge in [-0.05, 0) is 29.7 Å². The van der Waals surface area contributed by atoms with E-state index in [0.717, 1.165) is 16.5 Å². The van der Waals surface area contributed by atoms with Gasteiger partial charge in [0.2, 0.25) is 0 Å². The highest BCUT2D eigenvalue weighted by Crippen LogP contribution is 2.27. The second-order valence-electron chi connectivity index (χ2n) is 6.32. The van der Waals surface area contributed by atoms with Crippen LogP contribution in [-0.2, 0) is 4.79 Å².